The van der Waals surface area contributed by atoms with Gasteiger partial charge in [0.15, 0.2) is 0 Å². The minimum absolute atomic E-state index is 0.144. The molecule has 8 heteroatoms. The average Bonchev–Trinajstić information content (AvgIpc) is 3.07. The summed E-state index contributed by atoms with van der Waals surface area (Å²) in [6, 6.07) is 1.93. The zero-order chi connectivity index (χ0) is 16.9. The van der Waals surface area contributed by atoms with E-state index in [0.29, 0.717) is 32.7 Å². The van der Waals surface area contributed by atoms with Crippen molar-refractivity contribution in [2.24, 2.45) is 0 Å². The first-order chi connectivity index (χ1) is 11.6. The fourth-order valence-electron chi connectivity index (χ4n) is 2.86. The molecule has 0 radical (unpaired) electrons. The molecule has 0 unspecified atom stereocenters. The molecule has 1 saturated heterocycles. The number of hydrogen-bond acceptors (Lipinski definition) is 6. The zero-order valence-electron chi connectivity index (χ0n) is 14.1. The maximum absolute atomic E-state index is 12.4. The Hall–Kier alpha value is -2.35. The standard InChI is InChI=1S/C16H22N6O2/c1-12-8-14(20-13(2)19-12)15-9-21(6-7-24-15)16(23)4-3-5-22-11-17-10-18-22/h8,10-11,15H,3-7,9H2,1-2H3/t15-/m0/s1. The van der Waals surface area contributed by atoms with Crippen LogP contribution in [0.15, 0.2) is 18.7 Å². The molecule has 0 aromatic carbocycles. The summed E-state index contributed by atoms with van der Waals surface area (Å²) in [4.78, 5) is 26.9. The van der Waals surface area contributed by atoms with Crippen LogP contribution in [0.5, 0.6) is 0 Å². The van der Waals surface area contributed by atoms with Crippen LogP contribution < -0.4 is 0 Å². The minimum atomic E-state index is -0.182. The summed E-state index contributed by atoms with van der Waals surface area (Å²) in [5.74, 6) is 0.871. The highest BCUT2D eigenvalue weighted by molar-refractivity contribution is 5.76. The van der Waals surface area contributed by atoms with Crippen molar-refractivity contribution in [2.75, 3.05) is 19.7 Å². The Morgan fingerprint density at radius 3 is 3.00 bits per heavy atom. The lowest BCUT2D eigenvalue weighted by Gasteiger charge is -2.33. The average molecular weight is 330 g/mol. The Morgan fingerprint density at radius 2 is 2.25 bits per heavy atom. The predicted molar refractivity (Wildman–Crippen MR) is 86.0 cm³/mol. The van der Waals surface area contributed by atoms with E-state index in [1.807, 2.05) is 24.8 Å². The first kappa shape index (κ1) is 16.5. The number of aryl methyl sites for hydroxylation is 3. The van der Waals surface area contributed by atoms with Crippen LogP contribution in [0, 0.1) is 13.8 Å². The zero-order valence-corrected chi connectivity index (χ0v) is 14.1. The van der Waals surface area contributed by atoms with Gasteiger partial charge in [0.2, 0.25) is 5.91 Å². The molecule has 3 heterocycles. The van der Waals surface area contributed by atoms with Crippen LogP contribution >= 0.6 is 0 Å². The molecule has 24 heavy (non-hydrogen) atoms. The third-order valence-electron chi connectivity index (χ3n) is 3.98. The molecule has 0 N–H and O–H groups in total. The highest BCUT2D eigenvalue weighted by Gasteiger charge is 2.26. The lowest BCUT2D eigenvalue weighted by atomic mass is 10.1. The molecule has 0 saturated carbocycles. The van der Waals surface area contributed by atoms with Crippen LogP contribution in [0.3, 0.4) is 0 Å². The van der Waals surface area contributed by atoms with E-state index in [9.17, 15) is 4.79 Å². The normalized spacial score (nSPS) is 17.9. The molecule has 128 valence electrons. The lowest BCUT2D eigenvalue weighted by Crippen LogP contribution is -2.42. The third-order valence-corrected chi connectivity index (χ3v) is 3.98. The maximum atomic E-state index is 12.4. The Morgan fingerprint density at radius 1 is 1.38 bits per heavy atom. The Labute approximate surface area is 140 Å². The lowest BCUT2D eigenvalue weighted by molar-refractivity contribution is -0.139. The number of nitrogens with zero attached hydrogens (tertiary/aromatic N) is 6. The van der Waals surface area contributed by atoms with Crippen molar-refractivity contribution >= 4 is 5.91 Å². The van der Waals surface area contributed by atoms with Gasteiger partial charge in [0, 0.05) is 25.2 Å². The third kappa shape index (κ3) is 4.14. The smallest absolute Gasteiger partial charge is 0.222 e. The van der Waals surface area contributed by atoms with Crippen LogP contribution in [0.4, 0.5) is 0 Å². The summed E-state index contributed by atoms with van der Waals surface area (Å²) in [5, 5.41) is 4.04. The molecule has 1 atom stereocenters. The van der Waals surface area contributed by atoms with Crippen molar-refractivity contribution in [1.82, 2.24) is 29.6 Å². The predicted octanol–water partition coefficient (Wildman–Crippen LogP) is 1.07. The van der Waals surface area contributed by atoms with E-state index in [2.05, 4.69) is 20.1 Å². The molecular weight excluding hydrogens is 308 g/mol. The molecule has 0 bridgehead atoms. The number of ether oxygens (including phenoxy) is 1. The van der Waals surface area contributed by atoms with Crippen LogP contribution in [-0.2, 0) is 16.1 Å². The van der Waals surface area contributed by atoms with E-state index in [4.69, 9.17) is 4.74 Å². The van der Waals surface area contributed by atoms with Crippen molar-refractivity contribution < 1.29 is 9.53 Å². The Balaban J connectivity index is 1.55. The van der Waals surface area contributed by atoms with Crippen LogP contribution in [0.1, 0.15) is 36.2 Å². The number of hydrogen-bond donors (Lipinski definition) is 0. The van der Waals surface area contributed by atoms with Gasteiger partial charge in [0.1, 0.15) is 24.6 Å². The second-order valence-electron chi connectivity index (χ2n) is 5.94. The molecule has 2 aromatic rings. The highest BCUT2D eigenvalue weighted by Crippen LogP contribution is 2.22. The molecule has 1 aliphatic rings. The monoisotopic (exact) mass is 330 g/mol. The molecule has 8 nitrogen and oxygen atoms in total. The molecule has 3 rings (SSSR count). The first-order valence-electron chi connectivity index (χ1n) is 8.16. The second-order valence-corrected chi connectivity index (χ2v) is 5.94. The summed E-state index contributed by atoms with van der Waals surface area (Å²) in [6.45, 7) is 6.20. The van der Waals surface area contributed by atoms with Crippen LogP contribution in [0.2, 0.25) is 0 Å². The van der Waals surface area contributed by atoms with E-state index in [1.54, 1.807) is 11.0 Å². The second kappa shape index (κ2) is 7.48. The van der Waals surface area contributed by atoms with E-state index in [-0.39, 0.29) is 12.0 Å². The number of rotatable bonds is 5. The fourth-order valence-corrected chi connectivity index (χ4v) is 2.86. The maximum Gasteiger partial charge on any atom is 0.222 e. The molecule has 1 fully saturated rings. The van der Waals surface area contributed by atoms with E-state index in [1.165, 1.54) is 6.33 Å². The van der Waals surface area contributed by atoms with Crippen molar-refractivity contribution in [3.63, 3.8) is 0 Å². The number of carbonyl (C=O) groups is 1. The van der Waals surface area contributed by atoms with Gasteiger partial charge in [-0.3, -0.25) is 9.48 Å². The minimum Gasteiger partial charge on any atom is -0.368 e. The fraction of sp³-hybridized carbons (Fsp3) is 0.562. The van der Waals surface area contributed by atoms with Crippen molar-refractivity contribution in [1.29, 1.82) is 0 Å². The summed E-state index contributed by atoms with van der Waals surface area (Å²) >= 11 is 0. The van der Waals surface area contributed by atoms with Gasteiger partial charge < -0.3 is 9.64 Å². The number of amides is 1. The van der Waals surface area contributed by atoms with E-state index >= 15 is 0 Å². The molecule has 0 aliphatic carbocycles. The molecule has 0 spiro atoms. The summed E-state index contributed by atoms with van der Waals surface area (Å²) in [6.07, 6.45) is 4.22. The SMILES string of the molecule is Cc1cc([C@@H]2CN(C(=O)CCCn3cncn3)CCO2)nc(C)n1. The van der Waals surface area contributed by atoms with Gasteiger partial charge in [0.25, 0.3) is 0 Å². The van der Waals surface area contributed by atoms with Crippen LogP contribution in [0.25, 0.3) is 0 Å². The number of morpholine rings is 1. The van der Waals surface area contributed by atoms with Gasteiger partial charge in [-0.15, -0.1) is 0 Å². The van der Waals surface area contributed by atoms with Gasteiger partial charge in [0.05, 0.1) is 18.8 Å². The van der Waals surface area contributed by atoms with Gasteiger partial charge in [-0.05, 0) is 26.3 Å². The van der Waals surface area contributed by atoms with Crippen molar-refractivity contribution in [3.8, 4) is 0 Å². The van der Waals surface area contributed by atoms with Crippen LogP contribution in [-0.4, -0.2) is 55.2 Å². The molecule has 2 aromatic heterocycles. The molecule has 1 aliphatic heterocycles. The number of carbonyl (C=O) groups excluding carboxylic acids is 1. The van der Waals surface area contributed by atoms with Crippen molar-refractivity contribution in [3.05, 3.63) is 35.9 Å². The van der Waals surface area contributed by atoms with Gasteiger partial charge in [-0.25, -0.2) is 15.0 Å². The molecular formula is C16H22N6O2. The first-order valence-corrected chi connectivity index (χ1v) is 8.16. The van der Waals surface area contributed by atoms with E-state index in [0.717, 1.165) is 23.6 Å². The topological polar surface area (TPSA) is 86.0 Å². The number of aromatic nitrogens is 5. The summed E-state index contributed by atoms with van der Waals surface area (Å²) < 4.78 is 7.55. The quantitative estimate of drug-likeness (QED) is 0.815. The summed E-state index contributed by atoms with van der Waals surface area (Å²) in [5.41, 5.74) is 1.76. The Bertz CT molecular complexity index is 668. The summed E-state index contributed by atoms with van der Waals surface area (Å²) in [7, 11) is 0. The van der Waals surface area contributed by atoms with Gasteiger partial charge in [-0.1, -0.05) is 0 Å². The molecule has 1 amide bonds. The van der Waals surface area contributed by atoms with Gasteiger partial charge >= 0.3 is 0 Å². The Kier molecular flexibility index (Phi) is 5.14. The van der Waals surface area contributed by atoms with Crippen molar-refractivity contribution in [2.45, 2.75) is 39.3 Å². The van der Waals surface area contributed by atoms with Gasteiger partial charge in [-0.2, -0.15) is 5.10 Å². The van der Waals surface area contributed by atoms with E-state index < -0.39 is 0 Å². The largest absolute Gasteiger partial charge is 0.368 e. The highest BCUT2D eigenvalue weighted by atomic mass is 16.5.